The van der Waals surface area contributed by atoms with Crippen molar-refractivity contribution in [2.24, 2.45) is 0 Å². The second-order valence-corrected chi connectivity index (χ2v) is 9.20. The minimum Gasteiger partial charge on any atom is -0.491 e. The first-order valence-corrected chi connectivity index (χ1v) is 11.7. The van der Waals surface area contributed by atoms with Gasteiger partial charge in [0.05, 0.1) is 0 Å². The Morgan fingerprint density at radius 1 is 0.938 bits per heavy atom. The van der Waals surface area contributed by atoms with Gasteiger partial charge in [-0.2, -0.15) is 0 Å². The fourth-order valence-electron chi connectivity index (χ4n) is 3.66. The number of halogens is 2. The number of ether oxygens (including phenoxy) is 2. The highest BCUT2D eigenvalue weighted by molar-refractivity contribution is 6.34. The van der Waals surface area contributed by atoms with Gasteiger partial charge < -0.3 is 29.9 Å². The Hall–Kier alpha value is -1.54. The van der Waals surface area contributed by atoms with Crippen molar-refractivity contribution in [3.05, 3.63) is 58.1 Å². The van der Waals surface area contributed by atoms with Gasteiger partial charge in [0, 0.05) is 29.2 Å². The van der Waals surface area contributed by atoms with Crippen LogP contribution in [0.3, 0.4) is 0 Å². The van der Waals surface area contributed by atoms with Crippen molar-refractivity contribution >= 4 is 23.2 Å². The van der Waals surface area contributed by atoms with Crippen LogP contribution in [0, 0.1) is 6.92 Å². The first-order valence-electron chi connectivity index (χ1n) is 11.0. The number of piperidine rings is 1. The lowest BCUT2D eigenvalue weighted by Crippen LogP contribution is -2.47. The van der Waals surface area contributed by atoms with Crippen LogP contribution >= 0.6 is 23.2 Å². The molecule has 2 aromatic carbocycles. The summed E-state index contributed by atoms with van der Waals surface area (Å²) < 4.78 is 11.3. The highest BCUT2D eigenvalue weighted by Gasteiger charge is 2.21. The van der Waals surface area contributed by atoms with E-state index in [1.165, 1.54) is 5.56 Å². The molecule has 0 radical (unpaired) electrons. The zero-order valence-electron chi connectivity index (χ0n) is 18.3. The number of aryl methyl sites for hydroxylation is 1. The third-order valence-electron chi connectivity index (χ3n) is 5.44. The average Bonchev–Trinajstić information content (AvgIpc) is 2.76. The van der Waals surface area contributed by atoms with Gasteiger partial charge in [-0.05, 0) is 63.2 Å². The minimum atomic E-state index is -0.599. The molecule has 2 atom stereocenters. The third-order valence-corrected chi connectivity index (χ3v) is 5.88. The molecule has 1 fully saturated rings. The number of aliphatic hydroxyl groups is 2. The van der Waals surface area contributed by atoms with E-state index in [2.05, 4.69) is 10.2 Å². The van der Waals surface area contributed by atoms with Crippen LogP contribution in [0.5, 0.6) is 11.5 Å². The van der Waals surface area contributed by atoms with E-state index in [1.807, 2.05) is 31.2 Å². The maximum absolute atomic E-state index is 10.3. The maximum Gasteiger partial charge on any atom is 0.122 e. The molecule has 1 heterocycles. The molecular weight excluding hydrogens is 451 g/mol. The number of benzene rings is 2. The summed E-state index contributed by atoms with van der Waals surface area (Å²) in [5.41, 5.74) is 1.18. The zero-order valence-corrected chi connectivity index (χ0v) is 19.9. The van der Waals surface area contributed by atoms with Gasteiger partial charge in [0.15, 0.2) is 0 Å². The number of aliphatic hydroxyl groups excluding tert-OH is 2. The minimum absolute atomic E-state index is 0.183. The van der Waals surface area contributed by atoms with Crippen molar-refractivity contribution in [1.82, 2.24) is 10.2 Å². The van der Waals surface area contributed by atoms with Gasteiger partial charge in [-0.1, -0.05) is 40.9 Å². The lowest BCUT2D eigenvalue weighted by molar-refractivity contribution is 0.0556. The molecule has 3 N–H and O–H groups in total. The smallest absolute Gasteiger partial charge is 0.122 e. The molecule has 0 bridgehead atoms. The SMILES string of the molecule is Cc1ccc(OC[C@H](O)CNC2CCN(C[C@H](O)COc3cc(Cl)cc(Cl)c3)CC2)cc1. The van der Waals surface area contributed by atoms with E-state index in [-0.39, 0.29) is 13.2 Å². The van der Waals surface area contributed by atoms with Crippen LogP contribution in [0.15, 0.2) is 42.5 Å². The van der Waals surface area contributed by atoms with Gasteiger partial charge in [0.2, 0.25) is 0 Å². The van der Waals surface area contributed by atoms with Gasteiger partial charge in [-0.15, -0.1) is 0 Å². The quantitative estimate of drug-likeness (QED) is 0.454. The fraction of sp³-hybridized carbons (Fsp3) is 0.500. The molecule has 2 aromatic rings. The van der Waals surface area contributed by atoms with Crippen LogP contribution in [0.4, 0.5) is 0 Å². The molecule has 0 aliphatic carbocycles. The molecule has 0 saturated carbocycles. The Morgan fingerprint density at radius 3 is 2.19 bits per heavy atom. The van der Waals surface area contributed by atoms with Crippen molar-refractivity contribution in [3.63, 3.8) is 0 Å². The third kappa shape index (κ3) is 8.77. The monoisotopic (exact) mass is 482 g/mol. The molecule has 8 heteroatoms. The van der Waals surface area contributed by atoms with Gasteiger partial charge in [-0.3, -0.25) is 0 Å². The Bertz CT molecular complexity index is 809. The van der Waals surface area contributed by atoms with Gasteiger partial charge in [0.1, 0.15) is 36.9 Å². The molecule has 6 nitrogen and oxygen atoms in total. The number of β-amino-alcohol motifs (C(OH)–C–C–N with tert-alkyl or cyclic N) is 1. The van der Waals surface area contributed by atoms with Crippen LogP contribution in [-0.2, 0) is 0 Å². The predicted octanol–water partition coefficient (Wildman–Crippen LogP) is 3.54. The number of rotatable bonds is 11. The molecule has 0 aromatic heterocycles. The van der Waals surface area contributed by atoms with Crippen LogP contribution < -0.4 is 14.8 Å². The topological polar surface area (TPSA) is 74.2 Å². The lowest BCUT2D eigenvalue weighted by atomic mass is 10.0. The van der Waals surface area contributed by atoms with Gasteiger partial charge in [0.25, 0.3) is 0 Å². The summed E-state index contributed by atoms with van der Waals surface area (Å²) in [6.45, 7) is 5.28. The molecule has 0 unspecified atom stereocenters. The van der Waals surface area contributed by atoms with E-state index in [4.69, 9.17) is 32.7 Å². The van der Waals surface area contributed by atoms with Crippen molar-refractivity contribution in [1.29, 1.82) is 0 Å². The number of nitrogens with one attached hydrogen (secondary N) is 1. The van der Waals surface area contributed by atoms with E-state index in [0.29, 0.717) is 34.9 Å². The highest BCUT2D eigenvalue weighted by atomic mass is 35.5. The molecule has 0 spiro atoms. The van der Waals surface area contributed by atoms with E-state index < -0.39 is 12.2 Å². The summed E-state index contributed by atoms with van der Waals surface area (Å²) in [6.07, 6.45) is 0.762. The number of likely N-dealkylation sites (tertiary alicyclic amines) is 1. The number of hydrogen-bond acceptors (Lipinski definition) is 6. The summed E-state index contributed by atoms with van der Waals surface area (Å²) in [6, 6.07) is 13.1. The average molecular weight is 483 g/mol. The van der Waals surface area contributed by atoms with Crippen LogP contribution in [0.25, 0.3) is 0 Å². The summed E-state index contributed by atoms with van der Waals surface area (Å²) >= 11 is 11.9. The normalized spacial score (nSPS) is 17.2. The van der Waals surface area contributed by atoms with Crippen molar-refractivity contribution < 1.29 is 19.7 Å². The fourth-order valence-corrected chi connectivity index (χ4v) is 4.17. The Kier molecular flexibility index (Phi) is 9.91. The van der Waals surface area contributed by atoms with Crippen LogP contribution in [0.2, 0.25) is 10.0 Å². The van der Waals surface area contributed by atoms with Crippen LogP contribution in [0.1, 0.15) is 18.4 Å². The van der Waals surface area contributed by atoms with E-state index in [9.17, 15) is 10.2 Å². The molecule has 32 heavy (non-hydrogen) atoms. The van der Waals surface area contributed by atoms with Crippen LogP contribution in [-0.4, -0.2) is 72.8 Å². The highest BCUT2D eigenvalue weighted by Crippen LogP contribution is 2.24. The Balaban J connectivity index is 1.28. The van der Waals surface area contributed by atoms with Crippen molar-refractivity contribution in [2.45, 2.75) is 38.0 Å². The molecule has 3 rings (SSSR count). The van der Waals surface area contributed by atoms with E-state index >= 15 is 0 Å². The molecule has 1 saturated heterocycles. The van der Waals surface area contributed by atoms with Gasteiger partial charge >= 0.3 is 0 Å². The summed E-state index contributed by atoms with van der Waals surface area (Å²) in [4.78, 5) is 2.23. The predicted molar refractivity (Wildman–Crippen MR) is 128 cm³/mol. The van der Waals surface area contributed by atoms with Crippen molar-refractivity contribution in [3.8, 4) is 11.5 Å². The molecular formula is C24H32Cl2N2O4. The lowest BCUT2D eigenvalue weighted by Gasteiger charge is -2.33. The molecule has 0 amide bonds. The van der Waals surface area contributed by atoms with E-state index in [1.54, 1.807) is 18.2 Å². The Labute approximate surface area is 200 Å². The Morgan fingerprint density at radius 2 is 1.53 bits per heavy atom. The molecule has 1 aliphatic rings. The second-order valence-electron chi connectivity index (χ2n) is 8.33. The summed E-state index contributed by atoms with van der Waals surface area (Å²) in [7, 11) is 0. The molecule has 176 valence electrons. The van der Waals surface area contributed by atoms with Crippen molar-refractivity contribution in [2.75, 3.05) is 39.4 Å². The summed E-state index contributed by atoms with van der Waals surface area (Å²) in [5, 5.41) is 24.9. The second kappa shape index (κ2) is 12.6. The largest absolute Gasteiger partial charge is 0.491 e. The maximum atomic E-state index is 10.3. The summed E-state index contributed by atoms with van der Waals surface area (Å²) in [5.74, 6) is 1.32. The first kappa shape index (κ1) is 25.1. The first-order chi connectivity index (χ1) is 15.4. The van der Waals surface area contributed by atoms with E-state index in [0.717, 1.165) is 31.7 Å². The number of hydrogen-bond donors (Lipinski definition) is 3. The number of nitrogens with zero attached hydrogens (tertiary/aromatic N) is 1. The standard InChI is InChI=1S/C24H32Cl2N2O4/c1-17-2-4-23(5-3-17)31-15-21(29)13-27-20-6-8-28(9-7-20)14-22(30)16-32-24-11-18(25)10-19(26)12-24/h2-5,10-12,20-22,27,29-30H,6-9,13-16H2,1H3/t21-,22+/m1/s1. The molecule has 1 aliphatic heterocycles. The van der Waals surface area contributed by atoms with Gasteiger partial charge in [-0.25, -0.2) is 0 Å². The zero-order chi connectivity index (χ0) is 22.9.